The predicted octanol–water partition coefficient (Wildman–Crippen LogP) is 11.4. The summed E-state index contributed by atoms with van der Waals surface area (Å²) in [5.41, 5.74) is 6.32. The maximum atomic E-state index is 12.9. The molecule has 0 saturated carbocycles. The van der Waals surface area contributed by atoms with Gasteiger partial charge in [-0.1, -0.05) is 75.5 Å². The standard InChI is InChI=1S/C17H20F3NSi.C9H5BrF3N.C8H16Si/c1-4-22(5-2,6-3)12-10-15-13-16(17(18,19)20)8-7-14(15)9-11-21;10-8-5-7(9(11,12)13)2-1-6(8)3-4-14;1-5-9(6-2,7-3)8-4/h7-8,13H,4-6,9H2,1-3H3;1-2,5H,3H2;1H,6-8H2,2-4H3. The van der Waals surface area contributed by atoms with Crippen LogP contribution < -0.4 is 0 Å². The van der Waals surface area contributed by atoms with Gasteiger partial charge < -0.3 is 0 Å². The molecule has 0 radical (unpaired) electrons. The molecule has 0 aromatic heterocycles. The number of nitrogens with zero attached hydrogens (tertiary/aromatic N) is 2. The van der Waals surface area contributed by atoms with Crippen LogP contribution in [0.4, 0.5) is 26.3 Å². The molecule has 0 aliphatic rings. The van der Waals surface area contributed by atoms with Crippen molar-refractivity contribution in [2.75, 3.05) is 0 Å². The Morgan fingerprint density at radius 1 is 0.667 bits per heavy atom. The van der Waals surface area contributed by atoms with Crippen LogP contribution in [-0.2, 0) is 25.2 Å². The number of hydrogen-bond acceptors (Lipinski definition) is 2. The number of benzene rings is 2. The number of rotatable bonds is 8. The first-order valence-electron chi connectivity index (χ1n) is 14.8. The molecule has 2 aromatic rings. The quantitative estimate of drug-likeness (QED) is 0.154. The van der Waals surface area contributed by atoms with E-state index in [1.54, 1.807) is 0 Å². The van der Waals surface area contributed by atoms with Crippen molar-refractivity contribution in [2.24, 2.45) is 0 Å². The van der Waals surface area contributed by atoms with Crippen LogP contribution in [0.15, 0.2) is 40.9 Å². The molecule has 45 heavy (non-hydrogen) atoms. The highest BCUT2D eigenvalue weighted by Gasteiger charge is 2.32. The van der Waals surface area contributed by atoms with E-state index in [4.69, 9.17) is 16.9 Å². The highest BCUT2D eigenvalue weighted by molar-refractivity contribution is 9.10. The van der Waals surface area contributed by atoms with E-state index in [0.29, 0.717) is 21.2 Å². The Bertz CT molecular complexity index is 1400. The average Bonchev–Trinajstić information content (AvgIpc) is 3.01. The zero-order chi connectivity index (χ0) is 34.9. The number of hydrogen-bond donors (Lipinski definition) is 0. The van der Waals surface area contributed by atoms with Gasteiger partial charge in [0.1, 0.15) is 16.1 Å². The Kier molecular flexibility index (Phi) is 18.2. The zero-order valence-corrected chi connectivity index (χ0v) is 30.3. The third kappa shape index (κ3) is 13.5. The van der Waals surface area contributed by atoms with Gasteiger partial charge in [0.15, 0.2) is 0 Å². The molecule has 0 atom stereocenters. The molecule has 0 unspecified atom stereocenters. The minimum atomic E-state index is -4.39. The van der Waals surface area contributed by atoms with Crippen LogP contribution >= 0.6 is 15.9 Å². The maximum Gasteiger partial charge on any atom is 0.416 e. The highest BCUT2D eigenvalue weighted by Crippen LogP contribution is 2.33. The Morgan fingerprint density at radius 2 is 1.07 bits per heavy atom. The summed E-state index contributed by atoms with van der Waals surface area (Å²) in [4.78, 5) is 0. The molecule has 0 aliphatic heterocycles. The first-order valence-corrected chi connectivity index (χ1v) is 20.8. The SMILES string of the molecule is C#C[Si](CC)(CC)CC.CC[Si](C#Cc1cc(C(F)(F)F)ccc1CC#N)(CC)CC.N#CCc1ccc(C(F)(F)F)cc1Br. The summed E-state index contributed by atoms with van der Waals surface area (Å²) >= 11 is 2.99. The normalized spacial score (nSPS) is 11.2. The second kappa shape index (κ2) is 19.5. The summed E-state index contributed by atoms with van der Waals surface area (Å²) in [6.07, 6.45) is -3.11. The molecule has 0 fully saturated rings. The van der Waals surface area contributed by atoms with Crippen LogP contribution in [0.5, 0.6) is 0 Å². The summed E-state index contributed by atoms with van der Waals surface area (Å²) in [7, 11) is -2.90. The van der Waals surface area contributed by atoms with Crippen LogP contribution in [0, 0.1) is 46.1 Å². The van der Waals surface area contributed by atoms with Crippen LogP contribution in [0.25, 0.3) is 0 Å². The lowest BCUT2D eigenvalue weighted by atomic mass is 10.0. The van der Waals surface area contributed by atoms with E-state index < -0.39 is 39.6 Å². The lowest BCUT2D eigenvalue weighted by Crippen LogP contribution is -2.29. The van der Waals surface area contributed by atoms with Gasteiger partial charge in [-0.2, -0.15) is 36.9 Å². The molecule has 0 saturated heterocycles. The van der Waals surface area contributed by atoms with E-state index in [1.807, 2.05) is 12.1 Å². The second-order valence-corrected chi connectivity index (χ2v) is 21.2. The van der Waals surface area contributed by atoms with Gasteiger partial charge in [-0.15, -0.1) is 17.5 Å². The molecular weight excluding hydrogens is 686 g/mol. The number of alkyl halides is 6. The van der Waals surface area contributed by atoms with E-state index in [2.05, 4.69) is 74.5 Å². The lowest BCUT2D eigenvalue weighted by Gasteiger charge is -2.20. The average molecular weight is 728 g/mol. The van der Waals surface area contributed by atoms with Gasteiger partial charge in [-0.05, 0) is 71.7 Å². The smallest absolute Gasteiger partial charge is 0.198 e. The fraction of sp³-hybridized carbons (Fsp3) is 0.471. The summed E-state index contributed by atoms with van der Waals surface area (Å²) < 4.78 is 75.5. The van der Waals surface area contributed by atoms with Crippen LogP contribution in [0.3, 0.4) is 0 Å². The predicted molar refractivity (Wildman–Crippen MR) is 179 cm³/mol. The van der Waals surface area contributed by atoms with Crippen molar-refractivity contribution >= 4 is 32.1 Å². The summed E-state index contributed by atoms with van der Waals surface area (Å²) in [5.74, 6) is 2.96. The Hall–Kier alpha value is -2.97. The van der Waals surface area contributed by atoms with Gasteiger partial charge in [0.2, 0.25) is 0 Å². The topological polar surface area (TPSA) is 47.6 Å². The number of terminal acetylenes is 1. The molecule has 0 heterocycles. The minimum Gasteiger partial charge on any atom is -0.198 e. The summed E-state index contributed by atoms with van der Waals surface area (Å²) in [5, 5.41) is 17.2. The molecule has 244 valence electrons. The van der Waals surface area contributed by atoms with Gasteiger partial charge in [0.25, 0.3) is 0 Å². The highest BCUT2D eigenvalue weighted by atomic mass is 79.9. The molecule has 2 rings (SSSR count). The Labute approximate surface area is 275 Å². The molecule has 11 heteroatoms. The largest absolute Gasteiger partial charge is 0.416 e. The fourth-order valence-corrected chi connectivity index (χ4v) is 9.39. The van der Waals surface area contributed by atoms with Crippen molar-refractivity contribution in [3.8, 4) is 35.6 Å². The van der Waals surface area contributed by atoms with Gasteiger partial charge in [-0.3, -0.25) is 0 Å². The third-order valence-electron chi connectivity index (χ3n) is 8.19. The van der Waals surface area contributed by atoms with Crippen molar-refractivity contribution in [1.82, 2.24) is 0 Å². The van der Waals surface area contributed by atoms with Crippen molar-refractivity contribution in [1.29, 1.82) is 10.5 Å². The van der Waals surface area contributed by atoms with Gasteiger partial charge in [-0.25, -0.2) is 0 Å². The molecule has 0 spiro atoms. The molecule has 2 nitrogen and oxygen atoms in total. The van der Waals surface area contributed by atoms with Gasteiger partial charge in [0.05, 0.1) is 36.1 Å². The summed E-state index contributed by atoms with van der Waals surface area (Å²) in [6, 6.07) is 17.3. The molecule has 0 aliphatic carbocycles. The van der Waals surface area contributed by atoms with Crippen LogP contribution in [0.1, 0.15) is 69.4 Å². The van der Waals surface area contributed by atoms with E-state index in [-0.39, 0.29) is 12.8 Å². The van der Waals surface area contributed by atoms with Crippen molar-refractivity contribution in [2.45, 2.75) is 103 Å². The fourth-order valence-electron chi connectivity index (χ4n) is 4.33. The first-order chi connectivity index (χ1) is 21.0. The van der Waals surface area contributed by atoms with Crippen molar-refractivity contribution in [3.05, 3.63) is 68.7 Å². The van der Waals surface area contributed by atoms with E-state index in [1.165, 1.54) is 30.3 Å². The third-order valence-corrected chi connectivity index (χ3v) is 18.3. The van der Waals surface area contributed by atoms with E-state index in [9.17, 15) is 26.3 Å². The number of halogens is 7. The first kappa shape index (κ1) is 42.0. The minimum absolute atomic E-state index is 0.0705. The Balaban J connectivity index is 0.000000717. The number of nitriles is 2. The van der Waals surface area contributed by atoms with Crippen LogP contribution in [-0.4, -0.2) is 16.1 Å². The van der Waals surface area contributed by atoms with Crippen LogP contribution in [0.2, 0.25) is 36.3 Å². The summed E-state index contributed by atoms with van der Waals surface area (Å²) in [6.45, 7) is 12.9. The lowest BCUT2D eigenvalue weighted by molar-refractivity contribution is -0.138. The van der Waals surface area contributed by atoms with E-state index >= 15 is 0 Å². The van der Waals surface area contributed by atoms with Gasteiger partial charge in [0, 0.05) is 10.0 Å². The second-order valence-electron chi connectivity index (χ2n) is 10.4. The van der Waals surface area contributed by atoms with Crippen molar-refractivity contribution in [3.63, 3.8) is 0 Å². The van der Waals surface area contributed by atoms with Gasteiger partial charge >= 0.3 is 12.4 Å². The molecular formula is C34H41BrF6N2Si2. The molecule has 0 amide bonds. The van der Waals surface area contributed by atoms with E-state index in [0.717, 1.165) is 42.4 Å². The molecule has 0 N–H and O–H groups in total. The molecule has 2 aromatic carbocycles. The zero-order valence-electron chi connectivity index (χ0n) is 26.7. The van der Waals surface area contributed by atoms with Crippen molar-refractivity contribution < 1.29 is 26.3 Å². The maximum absolute atomic E-state index is 12.9. The monoisotopic (exact) mass is 726 g/mol. The molecule has 0 bridgehead atoms. The Morgan fingerprint density at radius 3 is 1.40 bits per heavy atom.